The smallest absolute Gasteiger partial charge is 0.145 e. The molecular weight excluding hydrogens is 706 g/mol. The van der Waals surface area contributed by atoms with Crippen LogP contribution in [0.15, 0.2) is 170 Å². The Morgan fingerprint density at radius 1 is 0.661 bits per heavy atom. The Morgan fingerprint density at radius 2 is 1.36 bits per heavy atom. The minimum absolute atomic E-state index is 0.638. The van der Waals surface area contributed by atoms with Crippen LogP contribution in [0.4, 0.5) is 22.7 Å². The van der Waals surface area contributed by atoms with E-state index in [-0.39, 0.29) is 0 Å². The van der Waals surface area contributed by atoms with E-state index in [9.17, 15) is 0 Å². The number of para-hydroxylation sites is 2. The molecular formula is C50H40ClN5. The van der Waals surface area contributed by atoms with Crippen molar-refractivity contribution in [1.82, 2.24) is 14.5 Å². The van der Waals surface area contributed by atoms with E-state index in [4.69, 9.17) is 21.6 Å². The summed E-state index contributed by atoms with van der Waals surface area (Å²) in [7, 11) is 0. The minimum Gasteiger partial charge on any atom is -0.354 e. The quantitative estimate of drug-likeness (QED) is 0.160. The lowest BCUT2D eigenvalue weighted by Gasteiger charge is -2.27. The van der Waals surface area contributed by atoms with Gasteiger partial charge in [-0.3, -0.25) is 9.55 Å². The molecule has 7 aromatic carbocycles. The van der Waals surface area contributed by atoms with Crippen LogP contribution in [0.3, 0.4) is 0 Å². The molecule has 0 saturated carbocycles. The van der Waals surface area contributed by atoms with Gasteiger partial charge in [0.15, 0.2) is 0 Å². The number of halogens is 1. The lowest BCUT2D eigenvalue weighted by Crippen LogP contribution is -2.17. The van der Waals surface area contributed by atoms with Gasteiger partial charge in [0.1, 0.15) is 5.82 Å². The van der Waals surface area contributed by atoms with Crippen molar-refractivity contribution in [2.45, 2.75) is 27.3 Å². The summed E-state index contributed by atoms with van der Waals surface area (Å²) < 4.78 is 2.30. The van der Waals surface area contributed by atoms with Crippen LogP contribution in [0.5, 0.6) is 0 Å². The predicted octanol–water partition coefficient (Wildman–Crippen LogP) is 13.6. The molecule has 0 radical (unpaired) electrons. The summed E-state index contributed by atoms with van der Waals surface area (Å²) in [5.41, 5.74) is 14.9. The molecule has 9 rings (SSSR count). The van der Waals surface area contributed by atoms with E-state index >= 15 is 0 Å². The highest BCUT2D eigenvalue weighted by Gasteiger charge is 2.19. The number of nitrogens with zero attached hydrogens (tertiary/aromatic N) is 4. The summed E-state index contributed by atoms with van der Waals surface area (Å²) in [6, 6.07) is 57.0. The SMILES string of the molecule is Cc1cc(C)c(-n2c(-c3ccc(Nc4cccc(N(Cc5ccccc5)c5ccc(-c6nccc7ccccc67)cc5)c4Cl)cc3)nc3ccccc32)c(C)c1. The zero-order chi connectivity index (χ0) is 38.2. The Balaban J connectivity index is 1.04. The van der Waals surface area contributed by atoms with E-state index in [1.165, 1.54) is 33.3 Å². The zero-order valence-corrected chi connectivity index (χ0v) is 32.3. The Labute approximate surface area is 332 Å². The average Bonchev–Trinajstić information content (AvgIpc) is 3.60. The van der Waals surface area contributed by atoms with Gasteiger partial charge in [0.05, 0.1) is 38.8 Å². The van der Waals surface area contributed by atoms with Crippen molar-refractivity contribution in [1.29, 1.82) is 0 Å². The van der Waals surface area contributed by atoms with Gasteiger partial charge < -0.3 is 10.2 Å². The molecule has 0 amide bonds. The van der Waals surface area contributed by atoms with Gasteiger partial charge in [-0.25, -0.2) is 4.98 Å². The summed E-state index contributed by atoms with van der Waals surface area (Å²) in [5.74, 6) is 0.909. The molecule has 0 aliphatic carbocycles. The van der Waals surface area contributed by atoms with Crippen LogP contribution in [0.2, 0.25) is 5.02 Å². The van der Waals surface area contributed by atoms with E-state index in [0.29, 0.717) is 11.6 Å². The van der Waals surface area contributed by atoms with Gasteiger partial charge >= 0.3 is 0 Å². The van der Waals surface area contributed by atoms with E-state index in [1.54, 1.807) is 0 Å². The number of rotatable bonds is 9. The third-order valence-corrected chi connectivity index (χ3v) is 10.8. The normalized spacial score (nSPS) is 11.3. The monoisotopic (exact) mass is 745 g/mol. The molecule has 0 spiro atoms. The van der Waals surface area contributed by atoms with Crippen LogP contribution in [-0.2, 0) is 6.54 Å². The molecule has 6 heteroatoms. The largest absolute Gasteiger partial charge is 0.354 e. The molecule has 9 aromatic rings. The highest BCUT2D eigenvalue weighted by molar-refractivity contribution is 6.36. The summed E-state index contributed by atoms with van der Waals surface area (Å²) in [6.45, 7) is 7.15. The second kappa shape index (κ2) is 14.9. The Kier molecular flexibility index (Phi) is 9.30. The molecule has 2 heterocycles. The number of nitrogens with one attached hydrogen (secondary N) is 1. The number of aromatic nitrogens is 3. The lowest BCUT2D eigenvalue weighted by molar-refractivity contribution is 0.976. The van der Waals surface area contributed by atoms with Crippen molar-refractivity contribution in [2.75, 3.05) is 10.2 Å². The van der Waals surface area contributed by atoms with Crippen LogP contribution in [0.1, 0.15) is 22.3 Å². The van der Waals surface area contributed by atoms with E-state index in [0.717, 1.165) is 61.8 Å². The van der Waals surface area contributed by atoms with Crippen LogP contribution in [0, 0.1) is 20.8 Å². The summed E-state index contributed by atoms with van der Waals surface area (Å²) in [5, 5.41) is 6.56. The van der Waals surface area contributed by atoms with Gasteiger partial charge in [-0.05, 0) is 110 Å². The minimum atomic E-state index is 0.638. The second-order valence-corrected chi connectivity index (χ2v) is 14.7. The first-order valence-electron chi connectivity index (χ1n) is 18.9. The molecule has 1 N–H and O–H groups in total. The molecule has 0 unspecified atom stereocenters. The zero-order valence-electron chi connectivity index (χ0n) is 31.5. The number of aryl methyl sites for hydroxylation is 3. The second-order valence-electron chi connectivity index (χ2n) is 14.3. The summed E-state index contributed by atoms with van der Waals surface area (Å²) in [4.78, 5) is 12.2. The summed E-state index contributed by atoms with van der Waals surface area (Å²) in [6.07, 6.45) is 1.88. The third-order valence-electron chi connectivity index (χ3n) is 10.4. The fourth-order valence-electron chi connectivity index (χ4n) is 7.88. The molecule has 5 nitrogen and oxygen atoms in total. The maximum absolute atomic E-state index is 7.34. The molecule has 0 aliphatic heterocycles. The van der Waals surface area contributed by atoms with Crippen LogP contribution in [0.25, 0.3) is 50.1 Å². The van der Waals surface area contributed by atoms with Crippen molar-refractivity contribution in [3.8, 4) is 28.3 Å². The predicted molar refractivity (Wildman–Crippen MR) is 235 cm³/mol. The average molecular weight is 746 g/mol. The maximum atomic E-state index is 7.34. The molecule has 0 bridgehead atoms. The van der Waals surface area contributed by atoms with Crippen molar-refractivity contribution >= 4 is 56.2 Å². The number of hydrogen-bond acceptors (Lipinski definition) is 4. The molecule has 0 aliphatic rings. The molecule has 0 atom stereocenters. The number of pyridine rings is 1. The van der Waals surface area contributed by atoms with Gasteiger partial charge in [-0.1, -0.05) is 114 Å². The molecule has 0 saturated heterocycles. The van der Waals surface area contributed by atoms with Crippen LogP contribution >= 0.6 is 11.6 Å². The van der Waals surface area contributed by atoms with E-state index in [2.05, 4.69) is 181 Å². The number of benzene rings is 7. The van der Waals surface area contributed by atoms with E-state index < -0.39 is 0 Å². The van der Waals surface area contributed by atoms with Crippen LogP contribution < -0.4 is 10.2 Å². The highest BCUT2D eigenvalue weighted by atomic mass is 35.5. The van der Waals surface area contributed by atoms with Crippen molar-refractivity contribution in [2.24, 2.45) is 0 Å². The topological polar surface area (TPSA) is 46.0 Å². The molecule has 272 valence electrons. The standard InChI is InChI=1S/C50H40ClN5/c1-33-30-34(2)49(35(3)31-33)56-45-18-10-9-16-43(45)54-50(56)39-20-24-40(25-21-39)53-44-17-11-19-46(47(44)51)55(32-36-12-5-4-6-13-36)41-26-22-38(23-27-41)48-42-15-8-7-14-37(42)28-29-52-48/h4-31,53H,32H2,1-3H3. The first-order chi connectivity index (χ1) is 27.4. The highest BCUT2D eigenvalue weighted by Crippen LogP contribution is 2.40. The van der Waals surface area contributed by atoms with Gasteiger partial charge in [-0.2, -0.15) is 0 Å². The number of hydrogen-bond donors (Lipinski definition) is 1. The third kappa shape index (κ3) is 6.67. The Bertz CT molecular complexity index is 2810. The van der Waals surface area contributed by atoms with Crippen molar-refractivity contribution < 1.29 is 0 Å². The van der Waals surface area contributed by atoms with Gasteiger partial charge in [-0.15, -0.1) is 0 Å². The van der Waals surface area contributed by atoms with Gasteiger partial charge in [0.25, 0.3) is 0 Å². The molecule has 0 fully saturated rings. The fraction of sp³-hybridized carbons (Fsp3) is 0.0800. The van der Waals surface area contributed by atoms with Crippen molar-refractivity contribution in [3.63, 3.8) is 0 Å². The molecule has 56 heavy (non-hydrogen) atoms. The first kappa shape index (κ1) is 35.0. The fourth-order valence-corrected chi connectivity index (χ4v) is 8.16. The van der Waals surface area contributed by atoms with E-state index in [1.807, 2.05) is 24.4 Å². The Morgan fingerprint density at radius 3 is 2.14 bits per heavy atom. The van der Waals surface area contributed by atoms with Crippen LogP contribution in [-0.4, -0.2) is 14.5 Å². The number of imidazole rings is 1. The summed E-state index contributed by atoms with van der Waals surface area (Å²) >= 11 is 7.34. The first-order valence-corrected chi connectivity index (χ1v) is 19.3. The number of fused-ring (bicyclic) bond motifs is 2. The number of anilines is 4. The van der Waals surface area contributed by atoms with Gasteiger partial charge in [0.2, 0.25) is 0 Å². The maximum Gasteiger partial charge on any atom is 0.145 e. The van der Waals surface area contributed by atoms with Gasteiger partial charge in [0, 0.05) is 40.6 Å². The lowest BCUT2D eigenvalue weighted by atomic mass is 10.0. The Hall–Kier alpha value is -6.69. The molecule has 2 aromatic heterocycles. The van der Waals surface area contributed by atoms with Crippen molar-refractivity contribution in [3.05, 3.63) is 197 Å².